The molecule has 4 aromatic carbocycles. The Kier molecular flexibility index (Phi) is 10.0. The standard InChI is InChI=1S/C58H68O6Si/c1-35-16-17-41-33-51-49(40-18-20-46(61-5)21-19-40)34-57(54(59)62-52-42-25-36-23-37(27-42)28-43(52)26-36,55(60)63-53-44-29-38-24-39(31-44)32-45(53)30-38)58(51,50(41)22-35)64-65(56(2,3)4,47-12-8-6-9-13-47)48-14-10-7-11-15-48/h6-22,36-39,42-45,49,51-53H,23-34H2,1-5H3. The fraction of sp³-hybridized carbons (Fsp3) is 0.552. The Balaban J connectivity index is 1.12. The van der Waals surface area contributed by atoms with Crippen LogP contribution in [0.25, 0.3) is 0 Å². The van der Waals surface area contributed by atoms with Gasteiger partial charge in [0.15, 0.2) is 5.41 Å². The van der Waals surface area contributed by atoms with Gasteiger partial charge in [0.25, 0.3) is 8.32 Å². The average molecular weight is 889 g/mol. The molecule has 9 saturated carbocycles. The van der Waals surface area contributed by atoms with E-state index < -0.39 is 36.3 Å². The third-order valence-corrected chi connectivity index (χ3v) is 24.0. The Labute approximate surface area is 387 Å². The highest BCUT2D eigenvalue weighted by Gasteiger charge is 2.79. The molecule has 0 spiro atoms. The maximum Gasteiger partial charge on any atom is 0.327 e. The highest BCUT2D eigenvalue weighted by Crippen LogP contribution is 2.71. The fourth-order valence-electron chi connectivity index (χ4n) is 16.8. The molecule has 8 bridgehead atoms. The molecule has 10 aliphatic carbocycles. The summed E-state index contributed by atoms with van der Waals surface area (Å²) in [5, 5.41) is 1.81. The minimum absolute atomic E-state index is 0.206. The summed E-state index contributed by atoms with van der Waals surface area (Å²) in [7, 11) is -1.81. The molecule has 65 heavy (non-hydrogen) atoms. The first-order valence-corrected chi connectivity index (χ1v) is 27.3. The first-order chi connectivity index (χ1) is 31.4. The molecule has 4 aromatic rings. The molecule has 0 aromatic heterocycles. The Bertz CT molecular complexity index is 2310. The number of rotatable bonds is 10. The molecule has 0 radical (unpaired) electrons. The van der Waals surface area contributed by atoms with Gasteiger partial charge in [-0.15, -0.1) is 0 Å². The van der Waals surface area contributed by atoms with Crippen LogP contribution in [0.1, 0.15) is 120 Å². The van der Waals surface area contributed by atoms with Crippen molar-refractivity contribution in [2.75, 3.05) is 7.11 Å². The summed E-state index contributed by atoms with van der Waals surface area (Å²) < 4.78 is 29.2. The van der Waals surface area contributed by atoms with E-state index in [0.29, 0.717) is 53.8 Å². The van der Waals surface area contributed by atoms with Crippen molar-refractivity contribution in [1.29, 1.82) is 0 Å². The number of fused-ring (bicyclic) bond motifs is 3. The van der Waals surface area contributed by atoms with Gasteiger partial charge in [0.2, 0.25) is 0 Å². The quantitative estimate of drug-likeness (QED) is 0.0897. The Morgan fingerprint density at radius 3 is 1.54 bits per heavy atom. The molecule has 0 heterocycles. The van der Waals surface area contributed by atoms with Gasteiger partial charge in [0, 0.05) is 5.92 Å². The summed E-state index contributed by atoms with van der Waals surface area (Å²) >= 11 is 0. The molecule has 10 aliphatic rings. The fourth-order valence-corrected chi connectivity index (χ4v) is 21.7. The van der Waals surface area contributed by atoms with Gasteiger partial charge in [-0.2, -0.15) is 0 Å². The maximum absolute atomic E-state index is 16.9. The second kappa shape index (κ2) is 15.4. The van der Waals surface area contributed by atoms with E-state index in [-0.39, 0.29) is 30.5 Å². The van der Waals surface area contributed by atoms with Gasteiger partial charge in [-0.05, 0) is 181 Å². The number of benzene rings is 4. The van der Waals surface area contributed by atoms with Crippen LogP contribution in [0.3, 0.4) is 0 Å². The minimum Gasteiger partial charge on any atom is -0.497 e. The number of carbonyl (C=O) groups excluding carboxylic acids is 2. The van der Waals surface area contributed by atoms with Crippen molar-refractivity contribution in [1.82, 2.24) is 0 Å². The van der Waals surface area contributed by atoms with Crippen LogP contribution in [-0.2, 0) is 35.5 Å². The number of methoxy groups -OCH3 is 1. The predicted molar refractivity (Wildman–Crippen MR) is 255 cm³/mol. The summed E-state index contributed by atoms with van der Waals surface area (Å²) in [4.78, 5) is 33.7. The van der Waals surface area contributed by atoms with Gasteiger partial charge >= 0.3 is 11.9 Å². The summed E-state index contributed by atoms with van der Waals surface area (Å²) in [6, 6.07) is 36.7. The Hall–Kier alpha value is -4.20. The zero-order chi connectivity index (χ0) is 44.5. The molecule has 14 rings (SSSR count). The lowest BCUT2D eigenvalue weighted by molar-refractivity contribution is -0.215. The first kappa shape index (κ1) is 42.2. The Morgan fingerprint density at radius 2 is 1.09 bits per heavy atom. The van der Waals surface area contributed by atoms with Crippen LogP contribution in [0.5, 0.6) is 5.75 Å². The molecule has 0 aliphatic heterocycles. The van der Waals surface area contributed by atoms with Crippen molar-refractivity contribution in [3.8, 4) is 5.75 Å². The second-order valence-electron chi connectivity index (χ2n) is 23.6. The topological polar surface area (TPSA) is 71.1 Å². The zero-order valence-electron chi connectivity index (χ0n) is 39.2. The molecule has 0 N–H and O–H groups in total. The monoisotopic (exact) mass is 888 g/mol. The van der Waals surface area contributed by atoms with Gasteiger partial charge in [-0.1, -0.05) is 117 Å². The molecule has 7 heteroatoms. The highest BCUT2D eigenvalue weighted by molar-refractivity contribution is 6.99. The SMILES string of the molecule is COc1ccc(C2CC(C(=O)OC3C4CC5CC(C4)CC3C5)(C(=O)OC3C4CC5CC(C4)CC3C5)C3(O[Si](c4ccccc4)(c4ccccc4)C(C)(C)C)c4cc(C)ccc4CC23)cc1. The lowest BCUT2D eigenvalue weighted by Crippen LogP contribution is -2.72. The summed E-state index contributed by atoms with van der Waals surface area (Å²) in [5.41, 5.74) is 1.07. The summed E-state index contributed by atoms with van der Waals surface area (Å²) in [6.45, 7) is 9.08. The molecular formula is C58H68O6Si. The van der Waals surface area contributed by atoms with Crippen LogP contribution in [0.15, 0.2) is 103 Å². The number of esters is 2. The third-order valence-electron chi connectivity index (χ3n) is 19.0. The summed E-state index contributed by atoms with van der Waals surface area (Å²) in [5.74, 6) is 3.65. The van der Waals surface area contributed by atoms with Crippen molar-refractivity contribution in [3.05, 3.63) is 125 Å². The molecule has 9 fully saturated rings. The Morgan fingerprint density at radius 1 is 0.615 bits per heavy atom. The number of ether oxygens (including phenoxy) is 3. The van der Waals surface area contributed by atoms with E-state index >= 15 is 9.59 Å². The molecular weight excluding hydrogens is 821 g/mol. The van der Waals surface area contributed by atoms with Crippen molar-refractivity contribution >= 4 is 30.6 Å². The van der Waals surface area contributed by atoms with Gasteiger partial charge in [-0.25, -0.2) is 0 Å². The first-order valence-electron chi connectivity index (χ1n) is 25.4. The minimum atomic E-state index is -3.51. The highest BCUT2D eigenvalue weighted by atomic mass is 28.4. The van der Waals surface area contributed by atoms with Crippen molar-refractivity contribution in [3.63, 3.8) is 0 Å². The van der Waals surface area contributed by atoms with E-state index in [0.717, 1.165) is 89.7 Å². The number of hydrogen-bond donors (Lipinski definition) is 0. The van der Waals surface area contributed by atoms with Crippen LogP contribution < -0.4 is 15.1 Å². The van der Waals surface area contributed by atoms with Crippen molar-refractivity contribution in [2.24, 2.45) is 58.7 Å². The van der Waals surface area contributed by atoms with Crippen molar-refractivity contribution in [2.45, 2.75) is 134 Å². The molecule has 340 valence electrons. The van der Waals surface area contributed by atoms with Crippen LogP contribution in [0, 0.1) is 65.6 Å². The smallest absolute Gasteiger partial charge is 0.327 e. The molecule has 3 atom stereocenters. The van der Waals surface area contributed by atoms with E-state index in [9.17, 15) is 0 Å². The van der Waals surface area contributed by atoms with Gasteiger partial charge in [0.05, 0.1) is 7.11 Å². The van der Waals surface area contributed by atoms with E-state index in [2.05, 4.69) is 119 Å². The van der Waals surface area contributed by atoms with Crippen LogP contribution in [0.2, 0.25) is 5.04 Å². The van der Waals surface area contributed by atoms with E-state index in [1.165, 1.54) is 12.8 Å². The largest absolute Gasteiger partial charge is 0.497 e. The number of aryl methyl sites for hydroxylation is 1. The molecule has 6 nitrogen and oxygen atoms in total. The lowest BCUT2D eigenvalue weighted by Gasteiger charge is -2.56. The normalized spacial score (nSPS) is 37.2. The second-order valence-corrected chi connectivity index (χ2v) is 27.8. The third kappa shape index (κ3) is 6.32. The lowest BCUT2D eigenvalue weighted by atomic mass is 9.55. The van der Waals surface area contributed by atoms with Crippen LogP contribution >= 0.6 is 0 Å². The van der Waals surface area contributed by atoms with Crippen LogP contribution in [-0.4, -0.2) is 39.6 Å². The average Bonchev–Trinajstić information content (AvgIpc) is 3.77. The van der Waals surface area contributed by atoms with Crippen molar-refractivity contribution < 1.29 is 28.2 Å². The van der Waals surface area contributed by atoms with Gasteiger partial charge in [0.1, 0.15) is 23.6 Å². The van der Waals surface area contributed by atoms with E-state index in [1.807, 2.05) is 12.1 Å². The van der Waals surface area contributed by atoms with Gasteiger partial charge in [-0.3, -0.25) is 9.59 Å². The van der Waals surface area contributed by atoms with E-state index in [4.69, 9.17) is 18.6 Å². The summed E-state index contributed by atoms with van der Waals surface area (Å²) in [6.07, 6.45) is 12.0. The number of carbonyl (C=O) groups is 2. The van der Waals surface area contributed by atoms with Gasteiger partial charge < -0.3 is 18.6 Å². The molecule has 0 amide bonds. The molecule has 3 unspecified atom stereocenters. The molecule has 0 saturated heterocycles. The maximum atomic E-state index is 16.9. The number of hydrogen-bond acceptors (Lipinski definition) is 6. The zero-order valence-corrected chi connectivity index (χ0v) is 40.2. The van der Waals surface area contributed by atoms with E-state index in [1.54, 1.807) is 7.11 Å². The predicted octanol–water partition coefficient (Wildman–Crippen LogP) is 10.9. The van der Waals surface area contributed by atoms with Crippen LogP contribution in [0.4, 0.5) is 0 Å².